The summed E-state index contributed by atoms with van der Waals surface area (Å²) in [5, 5.41) is 0. The molecule has 1 unspecified atom stereocenters. The van der Waals surface area contributed by atoms with Crippen LogP contribution < -0.4 is 0 Å². The molecule has 0 amide bonds. The molecule has 0 aromatic heterocycles. The van der Waals surface area contributed by atoms with Gasteiger partial charge in [-0.05, 0) is 51.1 Å². The number of nitrogens with zero attached hydrogens (tertiary/aromatic N) is 1. The van der Waals surface area contributed by atoms with Crippen molar-refractivity contribution in [1.29, 1.82) is 0 Å². The van der Waals surface area contributed by atoms with Gasteiger partial charge in [-0.1, -0.05) is 26.8 Å². The van der Waals surface area contributed by atoms with Crippen molar-refractivity contribution in [2.45, 2.75) is 59.9 Å². The van der Waals surface area contributed by atoms with Crippen LogP contribution in [0, 0.1) is 11.3 Å². The zero-order valence-electron chi connectivity index (χ0n) is 11.3. The van der Waals surface area contributed by atoms with Gasteiger partial charge in [-0.15, -0.1) is 0 Å². The summed E-state index contributed by atoms with van der Waals surface area (Å²) in [5.41, 5.74) is 0.738. The Kier molecular flexibility index (Phi) is 3.52. The Morgan fingerprint density at radius 2 is 1.73 bits per heavy atom. The first-order valence-electron chi connectivity index (χ1n) is 6.13. The highest BCUT2D eigenvalue weighted by Gasteiger charge is 2.24. The van der Waals surface area contributed by atoms with Crippen molar-refractivity contribution in [3.05, 3.63) is 12.3 Å². The van der Waals surface area contributed by atoms with Crippen LogP contribution in [0.1, 0.15) is 54.4 Å². The Labute approximate surface area is 95.5 Å². The summed E-state index contributed by atoms with van der Waals surface area (Å²) in [6.07, 6.45) is 7.33. The molecule has 1 heteroatoms. The molecule has 0 N–H and O–H groups in total. The Bertz CT molecular complexity index is 227. The van der Waals surface area contributed by atoms with E-state index < -0.39 is 0 Å². The van der Waals surface area contributed by atoms with Crippen LogP contribution in [0.5, 0.6) is 0 Å². The number of hydrogen-bond acceptors (Lipinski definition) is 1. The van der Waals surface area contributed by atoms with Gasteiger partial charge in [0.15, 0.2) is 0 Å². The van der Waals surface area contributed by atoms with Gasteiger partial charge >= 0.3 is 0 Å². The molecule has 0 aliphatic carbocycles. The van der Waals surface area contributed by atoms with Gasteiger partial charge in [0, 0.05) is 12.1 Å². The third kappa shape index (κ3) is 4.27. The van der Waals surface area contributed by atoms with Crippen molar-refractivity contribution in [3.63, 3.8) is 0 Å². The fourth-order valence-corrected chi connectivity index (χ4v) is 2.22. The van der Waals surface area contributed by atoms with E-state index in [1.54, 1.807) is 0 Å². The summed E-state index contributed by atoms with van der Waals surface area (Å²) in [5.74, 6) is 0.781. The molecule has 1 aliphatic heterocycles. The van der Waals surface area contributed by atoms with Crippen LogP contribution in [0.25, 0.3) is 0 Å². The van der Waals surface area contributed by atoms with Crippen LogP contribution in [-0.4, -0.2) is 17.0 Å². The lowest BCUT2D eigenvalue weighted by Crippen LogP contribution is -2.40. The second-order valence-corrected chi connectivity index (χ2v) is 7.02. The summed E-state index contributed by atoms with van der Waals surface area (Å²) in [7, 11) is 0. The first-order chi connectivity index (χ1) is 6.68. The van der Waals surface area contributed by atoms with Crippen molar-refractivity contribution < 1.29 is 0 Å². The highest BCUT2D eigenvalue weighted by atomic mass is 15.2. The molecule has 0 aromatic carbocycles. The highest BCUT2D eigenvalue weighted by Crippen LogP contribution is 2.30. The van der Waals surface area contributed by atoms with Crippen molar-refractivity contribution in [2.75, 3.05) is 6.54 Å². The normalized spacial score (nSPS) is 23.3. The molecule has 0 radical (unpaired) electrons. The summed E-state index contributed by atoms with van der Waals surface area (Å²) in [6, 6.07) is 0. The van der Waals surface area contributed by atoms with Gasteiger partial charge in [-0.2, -0.15) is 0 Å². The van der Waals surface area contributed by atoms with E-state index in [9.17, 15) is 0 Å². The van der Waals surface area contributed by atoms with Crippen molar-refractivity contribution >= 4 is 0 Å². The smallest absolute Gasteiger partial charge is 0.0312 e. The Hall–Kier alpha value is -0.460. The lowest BCUT2D eigenvalue weighted by atomic mass is 9.82. The largest absolute Gasteiger partial charge is 0.373 e. The third-order valence-corrected chi connectivity index (χ3v) is 3.02. The second-order valence-electron chi connectivity index (χ2n) is 7.02. The second kappa shape index (κ2) is 4.19. The van der Waals surface area contributed by atoms with E-state index in [0.717, 1.165) is 5.92 Å². The van der Waals surface area contributed by atoms with E-state index in [4.69, 9.17) is 0 Å². The van der Waals surface area contributed by atoms with Gasteiger partial charge in [0.2, 0.25) is 0 Å². The summed E-state index contributed by atoms with van der Waals surface area (Å²) in [6.45, 7) is 15.0. The molecule has 1 atom stereocenters. The van der Waals surface area contributed by atoms with Crippen molar-refractivity contribution in [3.8, 4) is 0 Å². The lowest BCUT2D eigenvalue weighted by molar-refractivity contribution is 0.172. The van der Waals surface area contributed by atoms with Crippen molar-refractivity contribution in [1.82, 2.24) is 4.90 Å². The Balaban J connectivity index is 2.52. The standard InChI is InChI=1S/C14H27N/c1-13(2,3)11-12-7-9-15(10-8-12)14(4,5)6/h7,9,12H,8,10-11H2,1-6H3. The zero-order chi connectivity index (χ0) is 11.7. The van der Waals surface area contributed by atoms with Crippen molar-refractivity contribution in [2.24, 2.45) is 11.3 Å². The average Bonchev–Trinajstić information content (AvgIpc) is 2.00. The summed E-state index contributed by atoms with van der Waals surface area (Å²) < 4.78 is 0. The minimum Gasteiger partial charge on any atom is -0.373 e. The maximum absolute atomic E-state index is 2.45. The fourth-order valence-electron chi connectivity index (χ4n) is 2.22. The number of rotatable bonds is 1. The number of allylic oxidation sites excluding steroid dienone is 1. The monoisotopic (exact) mass is 209 g/mol. The number of hydrogen-bond donors (Lipinski definition) is 0. The molecule has 0 bridgehead atoms. The zero-order valence-corrected chi connectivity index (χ0v) is 11.3. The predicted octanol–water partition coefficient (Wildman–Crippen LogP) is 4.06. The molecule has 0 saturated carbocycles. The molecule has 1 rings (SSSR count). The molecule has 0 aromatic rings. The highest BCUT2D eigenvalue weighted by molar-refractivity contribution is 4.99. The minimum atomic E-state index is 0.281. The molecular weight excluding hydrogens is 182 g/mol. The van der Waals surface area contributed by atoms with E-state index in [-0.39, 0.29) is 5.54 Å². The predicted molar refractivity (Wildman–Crippen MR) is 67.8 cm³/mol. The quantitative estimate of drug-likeness (QED) is 0.629. The topological polar surface area (TPSA) is 3.24 Å². The fraction of sp³-hybridized carbons (Fsp3) is 0.857. The SMILES string of the molecule is CC(C)(C)CC1C=CN(C(C)(C)C)CC1. The van der Waals surface area contributed by atoms with Crippen LogP contribution in [-0.2, 0) is 0 Å². The maximum Gasteiger partial charge on any atom is 0.0312 e. The molecule has 0 saturated heterocycles. The van der Waals surface area contributed by atoms with E-state index in [2.05, 4.69) is 58.7 Å². The van der Waals surface area contributed by atoms with E-state index >= 15 is 0 Å². The molecule has 1 nitrogen and oxygen atoms in total. The van der Waals surface area contributed by atoms with Gasteiger partial charge < -0.3 is 4.90 Å². The van der Waals surface area contributed by atoms with E-state index in [1.165, 1.54) is 19.4 Å². The van der Waals surface area contributed by atoms with Crippen LogP contribution in [0.2, 0.25) is 0 Å². The molecular formula is C14H27N. The third-order valence-electron chi connectivity index (χ3n) is 3.02. The lowest BCUT2D eigenvalue weighted by Gasteiger charge is -2.39. The summed E-state index contributed by atoms with van der Waals surface area (Å²) in [4.78, 5) is 2.45. The first kappa shape index (κ1) is 12.6. The van der Waals surface area contributed by atoms with Crippen LogP contribution >= 0.6 is 0 Å². The summed E-state index contributed by atoms with van der Waals surface area (Å²) >= 11 is 0. The van der Waals surface area contributed by atoms with Crippen LogP contribution in [0.4, 0.5) is 0 Å². The first-order valence-corrected chi connectivity index (χ1v) is 6.13. The molecule has 1 aliphatic rings. The maximum atomic E-state index is 2.45. The van der Waals surface area contributed by atoms with E-state index in [1.807, 2.05) is 0 Å². The van der Waals surface area contributed by atoms with Gasteiger partial charge in [-0.25, -0.2) is 0 Å². The van der Waals surface area contributed by atoms with Gasteiger partial charge in [0.25, 0.3) is 0 Å². The van der Waals surface area contributed by atoms with Crippen LogP contribution in [0.3, 0.4) is 0 Å². The molecule has 88 valence electrons. The molecule has 1 heterocycles. The van der Waals surface area contributed by atoms with Crippen LogP contribution in [0.15, 0.2) is 12.3 Å². The molecule has 15 heavy (non-hydrogen) atoms. The average molecular weight is 209 g/mol. The Morgan fingerprint density at radius 1 is 1.13 bits per heavy atom. The minimum absolute atomic E-state index is 0.281. The van der Waals surface area contributed by atoms with Gasteiger partial charge in [0.1, 0.15) is 0 Å². The Morgan fingerprint density at radius 3 is 2.07 bits per heavy atom. The van der Waals surface area contributed by atoms with E-state index in [0.29, 0.717) is 5.41 Å². The van der Waals surface area contributed by atoms with Gasteiger partial charge in [0.05, 0.1) is 0 Å². The molecule has 0 fully saturated rings. The van der Waals surface area contributed by atoms with Gasteiger partial charge in [-0.3, -0.25) is 0 Å². The molecule has 0 spiro atoms.